The van der Waals surface area contributed by atoms with Crippen molar-refractivity contribution in [2.45, 2.75) is 19.4 Å². The molecule has 1 unspecified atom stereocenters. The van der Waals surface area contributed by atoms with Gasteiger partial charge in [-0.2, -0.15) is 0 Å². The summed E-state index contributed by atoms with van der Waals surface area (Å²) in [5.74, 6) is -0.120. The molecule has 1 fully saturated rings. The lowest BCUT2D eigenvalue weighted by Gasteiger charge is -2.33. The number of rotatable bonds is 3. The molecule has 1 atom stereocenters. The highest BCUT2D eigenvalue weighted by Gasteiger charge is 2.18. The minimum Gasteiger partial charge on any atom is -0.469 e. The summed E-state index contributed by atoms with van der Waals surface area (Å²) >= 11 is 0. The van der Waals surface area contributed by atoms with Crippen LogP contribution in [0.5, 0.6) is 0 Å². The Kier molecular flexibility index (Phi) is 10.7. The predicted molar refractivity (Wildman–Crippen MR) is 65.0 cm³/mol. The Bertz CT molecular complexity index is 181. The summed E-state index contributed by atoms with van der Waals surface area (Å²) in [6.07, 6.45) is 0.501. The highest BCUT2D eigenvalue weighted by Crippen LogP contribution is 2.03. The Morgan fingerprint density at radius 2 is 2.20 bits per heavy atom. The number of ether oxygens (including phenoxy) is 1. The first-order chi connectivity index (χ1) is 6.24. The molecule has 6 heteroatoms. The Morgan fingerprint density at radius 1 is 1.53 bits per heavy atom. The van der Waals surface area contributed by atoms with Gasteiger partial charge in [0, 0.05) is 32.2 Å². The minimum atomic E-state index is -0.120. The van der Waals surface area contributed by atoms with Crippen LogP contribution in [0.4, 0.5) is 0 Å². The zero-order valence-corrected chi connectivity index (χ0v) is 10.8. The number of piperazine rings is 1. The molecule has 1 N–H and O–H groups in total. The third kappa shape index (κ3) is 6.20. The molecule has 15 heavy (non-hydrogen) atoms. The van der Waals surface area contributed by atoms with Crippen LogP contribution >= 0.6 is 24.8 Å². The molecule has 0 spiro atoms. The fraction of sp³-hybridized carbons (Fsp3) is 0.889. The van der Waals surface area contributed by atoms with Gasteiger partial charge in [-0.3, -0.25) is 9.69 Å². The normalized spacial score (nSPS) is 21.1. The summed E-state index contributed by atoms with van der Waals surface area (Å²) in [5, 5.41) is 3.31. The van der Waals surface area contributed by atoms with Crippen molar-refractivity contribution in [1.82, 2.24) is 10.2 Å². The summed E-state index contributed by atoms with van der Waals surface area (Å²) in [6.45, 7) is 6.05. The van der Waals surface area contributed by atoms with Gasteiger partial charge in [0.25, 0.3) is 0 Å². The van der Waals surface area contributed by atoms with Crippen molar-refractivity contribution >= 4 is 30.8 Å². The number of nitrogens with one attached hydrogen (secondary N) is 1. The molecule has 1 rings (SSSR count). The van der Waals surface area contributed by atoms with E-state index in [4.69, 9.17) is 0 Å². The molecular formula is C9H20Cl2N2O2. The maximum atomic E-state index is 10.9. The standard InChI is InChI=1S/C9H18N2O2.2ClH/c1-8-7-10-4-6-11(8)5-3-9(12)13-2;;/h8,10H,3-7H2,1-2H3;2*1H. The second-order valence-corrected chi connectivity index (χ2v) is 3.42. The molecule has 4 nitrogen and oxygen atoms in total. The molecule has 0 aliphatic carbocycles. The van der Waals surface area contributed by atoms with Crippen LogP contribution in [0, 0.1) is 0 Å². The first-order valence-electron chi connectivity index (χ1n) is 4.75. The number of methoxy groups -OCH3 is 1. The van der Waals surface area contributed by atoms with E-state index in [1.807, 2.05) is 0 Å². The molecule has 1 aliphatic heterocycles. The maximum absolute atomic E-state index is 10.9. The Hall–Kier alpha value is -0.0300. The molecule has 0 aromatic carbocycles. The van der Waals surface area contributed by atoms with Crippen LogP contribution in [0.15, 0.2) is 0 Å². The quantitative estimate of drug-likeness (QED) is 0.757. The zero-order valence-electron chi connectivity index (χ0n) is 9.19. The van der Waals surface area contributed by atoms with Crippen molar-refractivity contribution in [3.05, 3.63) is 0 Å². The molecule has 1 aliphatic rings. The van der Waals surface area contributed by atoms with Gasteiger partial charge in [-0.05, 0) is 6.92 Å². The average molecular weight is 259 g/mol. The summed E-state index contributed by atoms with van der Waals surface area (Å²) in [6, 6.07) is 0.526. The SMILES string of the molecule is COC(=O)CCN1CCNCC1C.Cl.Cl. The van der Waals surface area contributed by atoms with Crippen LogP contribution in [0.25, 0.3) is 0 Å². The van der Waals surface area contributed by atoms with Crippen LogP contribution in [0.2, 0.25) is 0 Å². The van der Waals surface area contributed by atoms with E-state index in [0.717, 1.165) is 26.2 Å². The zero-order chi connectivity index (χ0) is 9.68. The van der Waals surface area contributed by atoms with Gasteiger partial charge in [-0.1, -0.05) is 0 Å². The van der Waals surface area contributed by atoms with E-state index >= 15 is 0 Å². The second-order valence-electron chi connectivity index (χ2n) is 3.42. The van der Waals surface area contributed by atoms with E-state index in [9.17, 15) is 4.79 Å². The second kappa shape index (κ2) is 9.21. The van der Waals surface area contributed by atoms with Crippen molar-refractivity contribution < 1.29 is 9.53 Å². The lowest BCUT2D eigenvalue weighted by Crippen LogP contribution is -2.50. The monoisotopic (exact) mass is 258 g/mol. The first kappa shape index (κ1) is 17.4. The summed E-state index contributed by atoms with van der Waals surface area (Å²) < 4.78 is 4.60. The number of carbonyl (C=O) groups excluding carboxylic acids is 1. The van der Waals surface area contributed by atoms with Crippen LogP contribution < -0.4 is 5.32 Å². The topological polar surface area (TPSA) is 41.6 Å². The molecule has 0 radical (unpaired) electrons. The van der Waals surface area contributed by atoms with E-state index in [2.05, 4.69) is 21.9 Å². The van der Waals surface area contributed by atoms with Crippen molar-refractivity contribution in [2.24, 2.45) is 0 Å². The first-order valence-corrected chi connectivity index (χ1v) is 4.75. The third-order valence-electron chi connectivity index (χ3n) is 2.47. The molecule has 1 saturated heterocycles. The molecule has 1 heterocycles. The van der Waals surface area contributed by atoms with Gasteiger partial charge >= 0.3 is 5.97 Å². The average Bonchev–Trinajstić information content (AvgIpc) is 2.16. The number of hydrogen-bond donors (Lipinski definition) is 1. The number of carbonyl (C=O) groups is 1. The number of halogens is 2. The van der Waals surface area contributed by atoms with Crippen molar-refractivity contribution in [3.63, 3.8) is 0 Å². The van der Waals surface area contributed by atoms with Gasteiger partial charge in [-0.25, -0.2) is 0 Å². The van der Waals surface area contributed by atoms with Crippen LogP contribution in [-0.2, 0) is 9.53 Å². The molecule has 0 aromatic rings. The predicted octanol–water partition coefficient (Wildman–Crippen LogP) is 0.687. The number of nitrogens with zero attached hydrogens (tertiary/aromatic N) is 1. The summed E-state index contributed by atoms with van der Waals surface area (Å²) in [4.78, 5) is 13.2. The fourth-order valence-electron chi connectivity index (χ4n) is 1.55. The van der Waals surface area contributed by atoms with Crippen molar-refractivity contribution in [1.29, 1.82) is 0 Å². The van der Waals surface area contributed by atoms with Gasteiger partial charge in [0.15, 0.2) is 0 Å². The van der Waals surface area contributed by atoms with Gasteiger partial charge in [0.1, 0.15) is 0 Å². The largest absolute Gasteiger partial charge is 0.469 e. The van der Waals surface area contributed by atoms with Crippen LogP contribution in [0.1, 0.15) is 13.3 Å². The van der Waals surface area contributed by atoms with Crippen LogP contribution in [0.3, 0.4) is 0 Å². The smallest absolute Gasteiger partial charge is 0.306 e. The van der Waals surface area contributed by atoms with Gasteiger partial charge in [0.05, 0.1) is 13.5 Å². The maximum Gasteiger partial charge on any atom is 0.306 e. The van der Waals surface area contributed by atoms with Gasteiger partial charge in [0.2, 0.25) is 0 Å². The van der Waals surface area contributed by atoms with E-state index in [1.165, 1.54) is 7.11 Å². The molecule has 0 bridgehead atoms. The van der Waals surface area contributed by atoms with Gasteiger partial charge in [-0.15, -0.1) is 24.8 Å². The fourth-order valence-corrected chi connectivity index (χ4v) is 1.55. The minimum absolute atomic E-state index is 0. The van der Waals surface area contributed by atoms with E-state index < -0.39 is 0 Å². The molecule has 0 amide bonds. The van der Waals surface area contributed by atoms with E-state index in [0.29, 0.717) is 12.5 Å². The van der Waals surface area contributed by atoms with Gasteiger partial charge < -0.3 is 10.1 Å². The lowest BCUT2D eigenvalue weighted by molar-refractivity contribution is -0.141. The molecule has 0 aromatic heterocycles. The molecule has 92 valence electrons. The summed E-state index contributed by atoms with van der Waals surface area (Å²) in [7, 11) is 1.43. The number of hydrogen-bond acceptors (Lipinski definition) is 4. The highest BCUT2D eigenvalue weighted by atomic mass is 35.5. The van der Waals surface area contributed by atoms with E-state index in [1.54, 1.807) is 0 Å². The van der Waals surface area contributed by atoms with E-state index in [-0.39, 0.29) is 30.8 Å². The highest BCUT2D eigenvalue weighted by molar-refractivity contribution is 5.85. The van der Waals surface area contributed by atoms with Crippen molar-refractivity contribution in [3.8, 4) is 0 Å². The third-order valence-corrected chi connectivity index (χ3v) is 2.47. The Labute approximate surface area is 104 Å². The Balaban J connectivity index is 0. The number of esters is 1. The molecular weight excluding hydrogens is 239 g/mol. The Morgan fingerprint density at radius 3 is 2.73 bits per heavy atom. The van der Waals surface area contributed by atoms with Crippen LogP contribution in [-0.4, -0.2) is 50.2 Å². The summed E-state index contributed by atoms with van der Waals surface area (Å²) in [5.41, 5.74) is 0. The molecule has 0 saturated carbocycles. The van der Waals surface area contributed by atoms with Crippen molar-refractivity contribution in [2.75, 3.05) is 33.3 Å². The lowest BCUT2D eigenvalue weighted by atomic mass is 10.2.